The zero-order valence-electron chi connectivity index (χ0n) is 20.4. The molecule has 1 fully saturated rings. The van der Waals surface area contributed by atoms with Crippen molar-refractivity contribution in [2.24, 2.45) is 11.8 Å². The van der Waals surface area contributed by atoms with Gasteiger partial charge in [-0.15, -0.1) is 0 Å². The fourth-order valence-electron chi connectivity index (χ4n) is 3.63. The molecule has 0 heterocycles. The van der Waals surface area contributed by atoms with E-state index in [1.54, 1.807) is 27.7 Å². The van der Waals surface area contributed by atoms with Gasteiger partial charge in [-0.2, -0.15) is 0 Å². The molecule has 1 saturated carbocycles. The molecule has 1 aliphatic carbocycles. The maximum Gasteiger partial charge on any atom is 0.309 e. The van der Waals surface area contributed by atoms with Crippen LogP contribution in [0, 0.1) is 11.8 Å². The molecule has 5 heteroatoms. The first-order valence-electron chi connectivity index (χ1n) is 11.8. The fraction of sp³-hybridized carbons (Fsp3) is 0.500. The lowest BCUT2D eigenvalue weighted by atomic mass is 9.98. The Bertz CT molecular complexity index is 927. The van der Waals surface area contributed by atoms with E-state index in [2.05, 4.69) is 24.3 Å². The summed E-state index contributed by atoms with van der Waals surface area (Å²) < 4.78 is 17.4. The minimum Gasteiger partial charge on any atom is -0.460 e. The molecule has 5 nitrogen and oxygen atoms in total. The van der Waals surface area contributed by atoms with Gasteiger partial charge >= 0.3 is 11.9 Å². The molecule has 33 heavy (non-hydrogen) atoms. The smallest absolute Gasteiger partial charge is 0.309 e. The predicted octanol–water partition coefficient (Wildman–Crippen LogP) is 6.12. The summed E-state index contributed by atoms with van der Waals surface area (Å²) in [5.41, 5.74) is 2.59. The first-order chi connectivity index (χ1) is 15.6. The van der Waals surface area contributed by atoms with E-state index in [1.807, 2.05) is 37.3 Å². The highest BCUT2D eigenvalue weighted by Crippen LogP contribution is 2.34. The zero-order chi connectivity index (χ0) is 24.0. The van der Waals surface area contributed by atoms with E-state index in [1.165, 1.54) is 12.8 Å². The van der Waals surface area contributed by atoms with Gasteiger partial charge in [0, 0.05) is 0 Å². The highest BCUT2D eigenvalue weighted by molar-refractivity contribution is 5.80. The normalized spacial score (nSPS) is 16.5. The van der Waals surface area contributed by atoms with E-state index in [0.29, 0.717) is 12.5 Å². The average Bonchev–Trinajstić information content (AvgIpc) is 3.58. The SMILES string of the molecule is C[C@H](CC(=O)OC(C)(C)C)C(=O)O[C@@H](C)[C@H](OCC1CC1)c1cccc(-c2ccccc2)c1. The Morgan fingerprint density at radius 2 is 1.64 bits per heavy atom. The van der Waals surface area contributed by atoms with Crippen molar-refractivity contribution >= 4 is 11.9 Å². The highest BCUT2D eigenvalue weighted by Gasteiger charge is 2.30. The molecule has 0 spiro atoms. The van der Waals surface area contributed by atoms with Crippen LogP contribution in [-0.4, -0.2) is 30.3 Å². The number of esters is 2. The third-order valence-electron chi connectivity index (χ3n) is 5.55. The van der Waals surface area contributed by atoms with Gasteiger partial charge in [-0.05, 0) is 69.2 Å². The van der Waals surface area contributed by atoms with E-state index in [-0.39, 0.29) is 12.5 Å². The van der Waals surface area contributed by atoms with Gasteiger partial charge in [-0.3, -0.25) is 9.59 Å². The molecule has 0 bridgehead atoms. The molecule has 0 N–H and O–H groups in total. The summed E-state index contributed by atoms with van der Waals surface area (Å²) in [7, 11) is 0. The molecular weight excluding hydrogens is 416 g/mol. The summed E-state index contributed by atoms with van der Waals surface area (Å²) in [5.74, 6) is -0.842. The van der Waals surface area contributed by atoms with E-state index < -0.39 is 29.6 Å². The standard InChI is InChI=1S/C28H36O5/c1-19(16-25(29)33-28(3,4)5)27(30)32-20(2)26(31-18-21-14-15-21)24-13-9-12-23(17-24)22-10-7-6-8-11-22/h6-13,17,19-21,26H,14-16,18H2,1-5H3/t19-,20+,26+/m1/s1. The number of hydrogen-bond donors (Lipinski definition) is 0. The lowest BCUT2D eigenvalue weighted by Crippen LogP contribution is -2.30. The predicted molar refractivity (Wildman–Crippen MR) is 128 cm³/mol. The van der Waals surface area contributed by atoms with Gasteiger partial charge in [0.15, 0.2) is 0 Å². The van der Waals surface area contributed by atoms with Gasteiger partial charge in [0.2, 0.25) is 0 Å². The largest absolute Gasteiger partial charge is 0.460 e. The van der Waals surface area contributed by atoms with Crippen LogP contribution >= 0.6 is 0 Å². The van der Waals surface area contributed by atoms with Crippen molar-refractivity contribution in [3.05, 3.63) is 60.2 Å². The van der Waals surface area contributed by atoms with Gasteiger partial charge in [-0.25, -0.2) is 0 Å². The average molecular weight is 453 g/mol. The van der Waals surface area contributed by atoms with Crippen LogP contribution in [0.25, 0.3) is 11.1 Å². The Balaban J connectivity index is 1.70. The minimum absolute atomic E-state index is 0.0140. The van der Waals surface area contributed by atoms with Crippen LogP contribution in [0.3, 0.4) is 0 Å². The van der Waals surface area contributed by atoms with Crippen molar-refractivity contribution in [3.63, 3.8) is 0 Å². The summed E-state index contributed by atoms with van der Waals surface area (Å²) >= 11 is 0. The summed E-state index contributed by atoms with van der Waals surface area (Å²) in [6.07, 6.45) is 1.46. The Labute approximate surface area is 197 Å². The quantitative estimate of drug-likeness (QED) is 0.406. The van der Waals surface area contributed by atoms with Crippen molar-refractivity contribution in [2.45, 2.75) is 71.7 Å². The van der Waals surface area contributed by atoms with Crippen LogP contribution in [0.15, 0.2) is 54.6 Å². The van der Waals surface area contributed by atoms with Crippen molar-refractivity contribution < 1.29 is 23.8 Å². The minimum atomic E-state index is -0.595. The topological polar surface area (TPSA) is 61.8 Å². The van der Waals surface area contributed by atoms with E-state index in [9.17, 15) is 9.59 Å². The molecular formula is C28H36O5. The molecule has 2 aromatic carbocycles. The second-order valence-electron chi connectivity index (χ2n) is 10.0. The number of carbonyl (C=O) groups excluding carboxylic acids is 2. The Morgan fingerprint density at radius 3 is 2.27 bits per heavy atom. The van der Waals surface area contributed by atoms with Crippen molar-refractivity contribution in [3.8, 4) is 11.1 Å². The molecule has 1 aliphatic rings. The number of hydrogen-bond acceptors (Lipinski definition) is 5. The maximum atomic E-state index is 12.7. The summed E-state index contributed by atoms with van der Waals surface area (Å²) in [6.45, 7) is 9.61. The summed E-state index contributed by atoms with van der Waals surface area (Å²) in [5, 5.41) is 0. The molecule has 0 radical (unpaired) electrons. The first kappa shape index (κ1) is 25.0. The van der Waals surface area contributed by atoms with Gasteiger partial charge in [-0.1, -0.05) is 55.5 Å². The zero-order valence-corrected chi connectivity index (χ0v) is 20.4. The summed E-state index contributed by atoms with van der Waals surface area (Å²) in [6, 6.07) is 18.3. The van der Waals surface area contributed by atoms with Gasteiger partial charge in [0.25, 0.3) is 0 Å². The second-order valence-corrected chi connectivity index (χ2v) is 10.0. The Kier molecular flexibility index (Phi) is 8.30. The molecule has 0 amide bonds. The highest BCUT2D eigenvalue weighted by atomic mass is 16.6. The number of carbonyl (C=O) groups is 2. The van der Waals surface area contributed by atoms with Gasteiger partial charge in [0.05, 0.1) is 18.9 Å². The summed E-state index contributed by atoms with van der Waals surface area (Å²) in [4.78, 5) is 24.9. The van der Waals surface area contributed by atoms with Crippen LogP contribution in [0.2, 0.25) is 0 Å². The van der Waals surface area contributed by atoms with Crippen LogP contribution in [0.4, 0.5) is 0 Å². The van der Waals surface area contributed by atoms with Crippen LogP contribution < -0.4 is 0 Å². The second kappa shape index (κ2) is 11.0. The number of rotatable bonds is 10. The molecule has 3 atom stereocenters. The molecule has 0 aliphatic heterocycles. The monoisotopic (exact) mass is 452 g/mol. The third kappa shape index (κ3) is 8.01. The molecule has 0 aromatic heterocycles. The third-order valence-corrected chi connectivity index (χ3v) is 5.55. The number of benzene rings is 2. The van der Waals surface area contributed by atoms with Crippen molar-refractivity contribution in [1.82, 2.24) is 0 Å². The van der Waals surface area contributed by atoms with E-state index in [0.717, 1.165) is 16.7 Å². The Hall–Kier alpha value is -2.66. The first-order valence-corrected chi connectivity index (χ1v) is 11.8. The number of ether oxygens (including phenoxy) is 3. The molecule has 0 unspecified atom stereocenters. The molecule has 3 rings (SSSR count). The molecule has 2 aromatic rings. The molecule has 0 saturated heterocycles. The Morgan fingerprint density at radius 1 is 0.970 bits per heavy atom. The maximum absolute atomic E-state index is 12.7. The van der Waals surface area contributed by atoms with E-state index in [4.69, 9.17) is 14.2 Å². The fourth-order valence-corrected chi connectivity index (χ4v) is 3.63. The van der Waals surface area contributed by atoms with Crippen molar-refractivity contribution in [1.29, 1.82) is 0 Å². The van der Waals surface area contributed by atoms with Crippen LogP contribution in [0.5, 0.6) is 0 Å². The lowest BCUT2D eigenvalue weighted by Gasteiger charge is -2.27. The van der Waals surface area contributed by atoms with E-state index >= 15 is 0 Å². The van der Waals surface area contributed by atoms with Crippen molar-refractivity contribution in [2.75, 3.05) is 6.61 Å². The van der Waals surface area contributed by atoms with Crippen LogP contribution in [-0.2, 0) is 23.8 Å². The lowest BCUT2D eigenvalue weighted by molar-refractivity contribution is -0.167. The molecule has 178 valence electrons. The van der Waals surface area contributed by atoms with Gasteiger partial charge < -0.3 is 14.2 Å². The van der Waals surface area contributed by atoms with Gasteiger partial charge in [0.1, 0.15) is 17.8 Å². The van der Waals surface area contributed by atoms with Crippen LogP contribution in [0.1, 0.15) is 65.5 Å².